The smallest absolute Gasteiger partial charge is 0.305 e. The molecule has 0 aromatic heterocycles. The maximum atomic E-state index is 11.0. The molecule has 0 aromatic rings. The lowest BCUT2D eigenvalue weighted by Crippen LogP contribution is -2.39. The van der Waals surface area contributed by atoms with Gasteiger partial charge in [0.05, 0.1) is 7.11 Å². The van der Waals surface area contributed by atoms with Crippen LogP contribution in [0.4, 0.5) is 0 Å². The van der Waals surface area contributed by atoms with Gasteiger partial charge in [0, 0.05) is 12.5 Å². The van der Waals surface area contributed by atoms with E-state index >= 15 is 0 Å². The Kier molecular flexibility index (Phi) is 4.39. The lowest BCUT2D eigenvalue weighted by atomic mass is 9.77. The molecule has 0 N–H and O–H groups in total. The number of methoxy groups -OCH3 is 1. The van der Waals surface area contributed by atoms with Crippen LogP contribution >= 0.6 is 0 Å². The molecule has 0 spiro atoms. The predicted octanol–water partition coefficient (Wildman–Crippen LogP) is 1.67. The van der Waals surface area contributed by atoms with Gasteiger partial charge >= 0.3 is 5.97 Å². The first-order valence-corrected chi connectivity index (χ1v) is 5.38. The van der Waals surface area contributed by atoms with Crippen LogP contribution in [-0.2, 0) is 9.53 Å². The lowest BCUT2D eigenvalue weighted by Gasteiger charge is -2.37. The number of hydrogen-bond acceptors (Lipinski definition) is 3. The Bertz CT molecular complexity index is 188. The van der Waals surface area contributed by atoms with Gasteiger partial charge in [-0.2, -0.15) is 0 Å². The maximum Gasteiger partial charge on any atom is 0.305 e. The second kappa shape index (κ2) is 5.35. The van der Waals surface area contributed by atoms with Crippen LogP contribution in [0.25, 0.3) is 0 Å². The minimum absolute atomic E-state index is 0.0869. The van der Waals surface area contributed by atoms with Crippen LogP contribution in [0.2, 0.25) is 0 Å². The Morgan fingerprint density at radius 3 is 2.50 bits per heavy atom. The third kappa shape index (κ3) is 2.98. The summed E-state index contributed by atoms with van der Waals surface area (Å²) in [5.41, 5.74) is 0. The van der Waals surface area contributed by atoms with Crippen molar-refractivity contribution in [3.63, 3.8) is 0 Å². The van der Waals surface area contributed by atoms with Crippen LogP contribution in [0.3, 0.4) is 0 Å². The number of rotatable bonds is 5. The Hall–Kier alpha value is -0.570. The van der Waals surface area contributed by atoms with E-state index in [-0.39, 0.29) is 5.97 Å². The molecule has 0 heterocycles. The SMILES string of the molecule is COC(=O)CCC(C1CCC1)N(C)C. The van der Waals surface area contributed by atoms with Crippen molar-refractivity contribution in [2.24, 2.45) is 5.92 Å². The molecule has 3 nitrogen and oxygen atoms in total. The number of esters is 1. The van der Waals surface area contributed by atoms with Gasteiger partial charge in [-0.15, -0.1) is 0 Å². The van der Waals surface area contributed by atoms with Gasteiger partial charge in [0.1, 0.15) is 0 Å². The van der Waals surface area contributed by atoms with Gasteiger partial charge in [-0.25, -0.2) is 0 Å². The van der Waals surface area contributed by atoms with E-state index in [2.05, 4.69) is 23.7 Å². The molecule has 1 aliphatic rings. The summed E-state index contributed by atoms with van der Waals surface area (Å²) >= 11 is 0. The van der Waals surface area contributed by atoms with E-state index in [0.29, 0.717) is 12.5 Å². The number of ether oxygens (including phenoxy) is 1. The van der Waals surface area contributed by atoms with Crippen molar-refractivity contribution < 1.29 is 9.53 Å². The van der Waals surface area contributed by atoms with Crippen molar-refractivity contribution in [2.45, 2.75) is 38.1 Å². The summed E-state index contributed by atoms with van der Waals surface area (Å²) in [6, 6.07) is 0.558. The van der Waals surface area contributed by atoms with E-state index in [4.69, 9.17) is 0 Å². The fourth-order valence-electron chi connectivity index (χ4n) is 2.11. The quantitative estimate of drug-likeness (QED) is 0.631. The molecule has 1 unspecified atom stereocenters. The van der Waals surface area contributed by atoms with Crippen LogP contribution in [-0.4, -0.2) is 38.1 Å². The summed E-state index contributed by atoms with van der Waals surface area (Å²) in [6.07, 6.45) is 5.49. The van der Waals surface area contributed by atoms with E-state index in [9.17, 15) is 4.79 Å². The predicted molar refractivity (Wildman–Crippen MR) is 56.1 cm³/mol. The minimum Gasteiger partial charge on any atom is -0.469 e. The van der Waals surface area contributed by atoms with Crippen molar-refractivity contribution in [2.75, 3.05) is 21.2 Å². The zero-order chi connectivity index (χ0) is 10.6. The van der Waals surface area contributed by atoms with Gasteiger partial charge in [0.25, 0.3) is 0 Å². The first-order chi connectivity index (χ1) is 6.65. The molecule has 14 heavy (non-hydrogen) atoms. The Morgan fingerprint density at radius 2 is 2.14 bits per heavy atom. The van der Waals surface area contributed by atoms with Crippen molar-refractivity contribution in [1.82, 2.24) is 4.90 Å². The third-order valence-electron chi connectivity index (χ3n) is 3.23. The monoisotopic (exact) mass is 199 g/mol. The average molecular weight is 199 g/mol. The van der Waals surface area contributed by atoms with Crippen LogP contribution in [0.5, 0.6) is 0 Å². The lowest BCUT2D eigenvalue weighted by molar-refractivity contribution is -0.141. The highest BCUT2D eigenvalue weighted by Gasteiger charge is 2.28. The summed E-state index contributed by atoms with van der Waals surface area (Å²) in [6.45, 7) is 0. The molecular weight excluding hydrogens is 178 g/mol. The van der Waals surface area contributed by atoms with E-state index < -0.39 is 0 Å². The molecule has 1 aliphatic carbocycles. The molecule has 0 saturated heterocycles. The van der Waals surface area contributed by atoms with Gasteiger partial charge < -0.3 is 9.64 Å². The Morgan fingerprint density at radius 1 is 1.50 bits per heavy atom. The fourth-order valence-corrected chi connectivity index (χ4v) is 2.11. The highest BCUT2D eigenvalue weighted by Crippen LogP contribution is 2.33. The third-order valence-corrected chi connectivity index (χ3v) is 3.23. The molecule has 0 amide bonds. The van der Waals surface area contributed by atoms with Crippen molar-refractivity contribution in [1.29, 1.82) is 0 Å². The van der Waals surface area contributed by atoms with E-state index in [1.165, 1.54) is 26.4 Å². The minimum atomic E-state index is -0.0869. The molecule has 0 bridgehead atoms. The van der Waals surface area contributed by atoms with Gasteiger partial charge in [-0.3, -0.25) is 4.79 Å². The topological polar surface area (TPSA) is 29.5 Å². The number of hydrogen-bond donors (Lipinski definition) is 0. The maximum absolute atomic E-state index is 11.0. The van der Waals surface area contributed by atoms with Crippen LogP contribution in [0.15, 0.2) is 0 Å². The summed E-state index contributed by atoms with van der Waals surface area (Å²) in [5, 5.41) is 0. The van der Waals surface area contributed by atoms with E-state index in [1.807, 2.05) is 0 Å². The number of carbonyl (C=O) groups is 1. The molecule has 82 valence electrons. The normalized spacial score (nSPS) is 19.1. The summed E-state index contributed by atoms with van der Waals surface area (Å²) < 4.78 is 4.65. The molecule has 0 aliphatic heterocycles. The summed E-state index contributed by atoms with van der Waals surface area (Å²) in [5.74, 6) is 0.714. The second-order valence-corrected chi connectivity index (χ2v) is 4.34. The van der Waals surface area contributed by atoms with Gasteiger partial charge in [-0.1, -0.05) is 6.42 Å². The second-order valence-electron chi connectivity index (χ2n) is 4.34. The molecular formula is C11H21NO2. The molecule has 1 atom stereocenters. The molecule has 1 rings (SSSR count). The average Bonchev–Trinajstić information content (AvgIpc) is 2.07. The van der Waals surface area contributed by atoms with Crippen LogP contribution in [0, 0.1) is 5.92 Å². The highest BCUT2D eigenvalue weighted by atomic mass is 16.5. The Balaban J connectivity index is 2.31. The fraction of sp³-hybridized carbons (Fsp3) is 0.909. The standard InChI is InChI=1S/C11H21NO2/c1-12(2)10(9-5-4-6-9)7-8-11(13)14-3/h9-10H,4-8H2,1-3H3. The van der Waals surface area contributed by atoms with Gasteiger partial charge in [0.15, 0.2) is 0 Å². The zero-order valence-corrected chi connectivity index (χ0v) is 9.45. The zero-order valence-electron chi connectivity index (χ0n) is 9.45. The van der Waals surface area contributed by atoms with Gasteiger partial charge in [-0.05, 0) is 39.3 Å². The number of nitrogens with zero attached hydrogens (tertiary/aromatic N) is 1. The summed E-state index contributed by atoms with van der Waals surface area (Å²) in [7, 11) is 5.65. The van der Waals surface area contributed by atoms with E-state index in [0.717, 1.165) is 12.3 Å². The highest BCUT2D eigenvalue weighted by molar-refractivity contribution is 5.69. The van der Waals surface area contributed by atoms with Crippen molar-refractivity contribution in [3.8, 4) is 0 Å². The first kappa shape index (κ1) is 11.5. The molecule has 0 radical (unpaired) electrons. The van der Waals surface area contributed by atoms with Crippen molar-refractivity contribution >= 4 is 5.97 Å². The summed E-state index contributed by atoms with van der Waals surface area (Å²) in [4.78, 5) is 13.3. The van der Waals surface area contributed by atoms with Gasteiger partial charge in [0.2, 0.25) is 0 Å². The van der Waals surface area contributed by atoms with E-state index in [1.54, 1.807) is 0 Å². The van der Waals surface area contributed by atoms with Crippen LogP contribution < -0.4 is 0 Å². The molecule has 1 fully saturated rings. The van der Waals surface area contributed by atoms with Crippen molar-refractivity contribution in [3.05, 3.63) is 0 Å². The largest absolute Gasteiger partial charge is 0.469 e. The number of carbonyl (C=O) groups excluding carboxylic acids is 1. The first-order valence-electron chi connectivity index (χ1n) is 5.38. The molecule has 3 heteroatoms. The molecule has 0 aromatic carbocycles. The Labute approximate surface area is 86.4 Å². The van der Waals surface area contributed by atoms with Crippen LogP contribution in [0.1, 0.15) is 32.1 Å². The molecule has 1 saturated carbocycles.